The van der Waals surface area contributed by atoms with Crippen LogP contribution in [0.4, 0.5) is 0 Å². The van der Waals surface area contributed by atoms with Gasteiger partial charge in [0.2, 0.25) is 0 Å². The van der Waals surface area contributed by atoms with Crippen molar-refractivity contribution in [2.24, 2.45) is 0 Å². The molecule has 0 aliphatic rings. The van der Waals surface area contributed by atoms with Gasteiger partial charge >= 0.3 is 5.97 Å². The lowest BCUT2D eigenvalue weighted by atomic mass is 10.0. The highest BCUT2D eigenvalue weighted by atomic mass is 79.9. The standard InChI is InChI=1S/C14H12BrNO5/c1-7-3-9(21-16-7)6-10(14(18)19)8-4-11(15)13(17)12(5-8)20-2/h3-6,17H,1-2H3,(H,18,19). The number of carbonyl (C=O) groups is 1. The van der Waals surface area contributed by atoms with Gasteiger partial charge < -0.3 is 19.5 Å². The molecule has 1 aromatic heterocycles. The number of phenols is 1. The van der Waals surface area contributed by atoms with Crippen molar-refractivity contribution in [3.05, 3.63) is 39.7 Å². The molecule has 0 atom stereocenters. The minimum Gasteiger partial charge on any atom is -0.503 e. The fourth-order valence-electron chi connectivity index (χ4n) is 1.75. The van der Waals surface area contributed by atoms with Gasteiger partial charge in [0, 0.05) is 6.07 Å². The van der Waals surface area contributed by atoms with Gasteiger partial charge in [-0.3, -0.25) is 0 Å². The van der Waals surface area contributed by atoms with E-state index in [4.69, 9.17) is 9.26 Å². The first kappa shape index (κ1) is 15.1. The molecule has 0 aliphatic heterocycles. The summed E-state index contributed by atoms with van der Waals surface area (Å²) in [4.78, 5) is 11.5. The molecule has 0 saturated heterocycles. The van der Waals surface area contributed by atoms with Crippen molar-refractivity contribution >= 4 is 33.5 Å². The van der Waals surface area contributed by atoms with Crippen molar-refractivity contribution in [2.45, 2.75) is 6.92 Å². The maximum atomic E-state index is 11.5. The number of aliphatic carboxylic acids is 1. The molecule has 2 rings (SSSR count). The molecule has 0 fully saturated rings. The number of nitrogens with zero attached hydrogens (tertiary/aromatic N) is 1. The number of ether oxygens (including phenoxy) is 1. The summed E-state index contributed by atoms with van der Waals surface area (Å²) in [6, 6.07) is 4.54. The van der Waals surface area contributed by atoms with Crippen LogP contribution in [-0.2, 0) is 4.79 Å². The number of carboxylic acid groups (broad SMARTS) is 1. The van der Waals surface area contributed by atoms with Crippen LogP contribution in [0, 0.1) is 6.92 Å². The summed E-state index contributed by atoms with van der Waals surface area (Å²) >= 11 is 3.16. The summed E-state index contributed by atoms with van der Waals surface area (Å²) in [5.74, 6) is -0.737. The predicted octanol–water partition coefficient (Wildman–Crippen LogP) is 3.08. The molecular formula is C14H12BrNO5. The van der Waals surface area contributed by atoms with E-state index in [9.17, 15) is 15.0 Å². The van der Waals surface area contributed by atoms with Gasteiger partial charge in [-0.25, -0.2) is 4.79 Å². The van der Waals surface area contributed by atoms with Gasteiger partial charge in [-0.05, 0) is 46.6 Å². The van der Waals surface area contributed by atoms with Crippen LogP contribution in [0.1, 0.15) is 17.0 Å². The quantitative estimate of drug-likeness (QED) is 0.820. The number of hydrogen-bond donors (Lipinski definition) is 2. The second kappa shape index (κ2) is 6.01. The zero-order valence-corrected chi connectivity index (χ0v) is 12.8. The van der Waals surface area contributed by atoms with E-state index in [1.54, 1.807) is 13.0 Å². The number of hydrogen-bond acceptors (Lipinski definition) is 5. The third-order valence-corrected chi connectivity index (χ3v) is 3.33. The van der Waals surface area contributed by atoms with Gasteiger partial charge in [-0.1, -0.05) is 5.16 Å². The third-order valence-electron chi connectivity index (χ3n) is 2.72. The SMILES string of the molecule is COc1cc(C(=Cc2cc(C)no2)C(=O)O)cc(Br)c1O. The largest absolute Gasteiger partial charge is 0.503 e. The number of phenolic OH excluding ortho intramolecular Hbond substituents is 1. The average Bonchev–Trinajstić information content (AvgIpc) is 2.84. The fourth-order valence-corrected chi connectivity index (χ4v) is 2.19. The van der Waals surface area contributed by atoms with Gasteiger partial charge in [-0.2, -0.15) is 0 Å². The Morgan fingerprint density at radius 3 is 2.67 bits per heavy atom. The molecule has 7 heteroatoms. The summed E-state index contributed by atoms with van der Waals surface area (Å²) in [5, 5.41) is 22.8. The van der Waals surface area contributed by atoms with E-state index < -0.39 is 5.97 Å². The fraction of sp³-hybridized carbons (Fsp3) is 0.143. The van der Waals surface area contributed by atoms with Gasteiger partial charge in [0.25, 0.3) is 0 Å². The second-order valence-electron chi connectivity index (χ2n) is 4.24. The molecule has 2 aromatic rings. The van der Waals surface area contributed by atoms with Crippen LogP contribution in [0.5, 0.6) is 11.5 Å². The number of benzene rings is 1. The van der Waals surface area contributed by atoms with Gasteiger partial charge in [0.15, 0.2) is 17.3 Å². The number of carboxylic acids is 1. The number of rotatable bonds is 4. The molecule has 0 amide bonds. The van der Waals surface area contributed by atoms with Gasteiger partial charge in [-0.15, -0.1) is 0 Å². The van der Waals surface area contributed by atoms with Crippen LogP contribution in [0.3, 0.4) is 0 Å². The lowest BCUT2D eigenvalue weighted by Crippen LogP contribution is -2.00. The second-order valence-corrected chi connectivity index (χ2v) is 5.10. The first-order chi connectivity index (χ1) is 9.92. The Morgan fingerprint density at radius 2 is 2.14 bits per heavy atom. The maximum absolute atomic E-state index is 11.5. The minimum absolute atomic E-state index is 0.00912. The molecule has 1 aromatic carbocycles. The Morgan fingerprint density at radius 1 is 1.43 bits per heavy atom. The number of aryl methyl sites for hydroxylation is 1. The molecule has 0 bridgehead atoms. The molecule has 110 valence electrons. The summed E-state index contributed by atoms with van der Waals surface area (Å²) in [6.07, 6.45) is 1.36. The molecule has 2 N–H and O–H groups in total. The first-order valence-corrected chi connectivity index (χ1v) is 6.67. The monoisotopic (exact) mass is 353 g/mol. The molecule has 0 radical (unpaired) electrons. The Balaban J connectivity index is 2.56. The highest BCUT2D eigenvalue weighted by Gasteiger charge is 2.17. The van der Waals surface area contributed by atoms with Crippen LogP contribution >= 0.6 is 15.9 Å². The van der Waals surface area contributed by atoms with Crippen molar-refractivity contribution in [3.8, 4) is 11.5 Å². The van der Waals surface area contributed by atoms with E-state index in [2.05, 4.69) is 21.1 Å². The van der Waals surface area contributed by atoms with E-state index in [1.807, 2.05) is 0 Å². The molecule has 0 spiro atoms. The maximum Gasteiger partial charge on any atom is 0.336 e. The smallest absolute Gasteiger partial charge is 0.336 e. The lowest BCUT2D eigenvalue weighted by Gasteiger charge is -2.09. The number of halogens is 1. The highest BCUT2D eigenvalue weighted by molar-refractivity contribution is 9.10. The van der Waals surface area contributed by atoms with E-state index in [0.717, 1.165) is 0 Å². The van der Waals surface area contributed by atoms with Crippen molar-refractivity contribution in [1.82, 2.24) is 5.16 Å². The zero-order chi connectivity index (χ0) is 15.6. The van der Waals surface area contributed by atoms with Gasteiger partial charge in [0.1, 0.15) is 0 Å². The normalized spacial score (nSPS) is 11.5. The van der Waals surface area contributed by atoms with Crippen molar-refractivity contribution in [2.75, 3.05) is 7.11 Å². The summed E-state index contributed by atoms with van der Waals surface area (Å²) < 4.78 is 10.3. The van der Waals surface area contributed by atoms with Crippen LogP contribution in [-0.4, -0.2) is 28.4 Å². The topological polar surface area (TPSA) is 92.8 Å². The summed E-state index contributed by atoms with van der Waals surface area (Å²) in [5.41, 5.74) is 0.999. The Hall–Kier alpha value is -2.28. The molecule has 0 unspecified atom stereocenters. The first-order valence-electron chi connectivity index (χ1n) is 5.87. The molecule has 6 nitrogen and oxygen atoms in total. The molecule has 21 heavy (non-hydrogen) atoms. The molecule has 1 heterocycles. The third kappa shape index (κ3) is 3.25. The van der Waals surface area contributed by atoms with E-state index in [1.165, 1.54) is 25.3 Å². The van der Waals surface area contributed by atoms with E-state index in [0.29, 0.717) is 21.5 Å². The van der Waals surface area contributed by atoms with Gasteiger partial charge in [0.05, 0.1) is 22.8 Å². The predicted molar refractivity (Wildman–Crippen MR) is 79.1 cm³/mol. The van der Waals surface area contributed by atoms with Crippen molar-refractivity contribution in [3.63, 3.8) is 0 Å². The highest BCUT2D eigenvalue weighted by Crippen LogP contribution is 2.37. The van der Waals surface area contributed by atoms with Crippen LogP contribution in [0.2, 0.25) is 0 Å². The molecular weight excluding hydrogens is 342 g/mol. The van der Waals surface area contributed by atoms with Crippen molar-refractivity contribution in [1.29, 1.82) is 0 Å². The number of aromatic hydroxyl groups is 1. The zero-order valence-electron chi connectivity index (χ0n) is 11.3. The minimum atomic E-state index is -1.14. The van der Waals surface area contributed by atoms with Crippen LogP contribution < -0.4 is 4.74 Å². The Kier molecular flexibility index (Phi) is 4.32. The Bertz CT molecular complexity index is 720. The molecule has 0 aliphatic carbocycles. The lowest BCUT2D eigenvalue weighted by molar-refractivity contribution is -0.130. The van der Waals surface area contributed by atoms with E-state index in [-0.39, 0.29) is 17.1 Å². The summed E-state index contributed by atoms with van der Waals surface area (Å²) in [6.45, 7) is 1.74. The summed E-state index contributed by atoms with van der Waals surface area (Å²) in [7, 11) is 1.38. The van der Waals surface area contributed by atoms with E-state index >= 15 is 0 Å². The Labute approximate surface area is 128 Å². The van der Waals surface area contributed by atoms with Crippen LogP contribution in [0.25, 0.3) is 11.6 Å². The number of aromatic nitrogens is 1. The molecule has 0 saturated carbocycles. The van der Waals surface area contributed by atoms with Crippen LogP contribution in [0.15, 0.2) is 27.2 Å². The van der Waals surface area contributed by atoms with Crippen molar-refractivity contribution < 1.29 is 24.3 Å². The average molecular weight is 354 g/mol. The number of methoxy groups -OCH3 is 1.